The fourth-order valence-electron chi connectivity index (χ4n) is 0.909. The van der Waals surface area contributed by atoms with E-state index in [1.807, 2.05) is 0 Å². The largest absolute Gasteiger partial charge is 0.396 e. The van der Waals surface area contributed by atoms with E-state index in [9.17, 15) is 4.39 Å². The highest BCUT2D eigenvalue weighted by Gasteiger charge is 2.02. The molecule has 2 heteroatoms. The van der Waals surface area contributed by atoms with Gasteiger partial charge >= 0.3 is 0 Å². The number of halogens is 1. The number of allylic oxidation sites excluding steroid dienone is 1. The number of hydrogen-bond acceptors (Lipinski definition) is 1. The number of nitrogens with two attached hydrogens (primary N) is 1. The van der Waals surface area contributed by atoms with Gasteiger partial charge in [-0.1, -0.05) is 18.7 Å². The monoisotopic (exact) mass is 151 g/mol. The van der Waals surface area contributed by atoms with Gasteiger partial charge in [0.15, 0.2) is 0 Å². The minimum absolute atomic E-state index is 0.181. The molecule has 0 heterocycles. The maximum atomic E-state index is 12.8. The summed E-state index contributed by atoms with van der Waals surface area (Å²) in [5.41, 5.74) is 7.09. The van der Waals surface area contributed by atoms with Crippen LogP contribution in [0.3, 0.4) is 0 Å². The summed E-state index contributed by atoms with van der Waals surface area (Å²) in [5.74, 6) is -0.384. The highest BCUT2D eigenvalue weighted by atomic mass is 19.1. The number of hydrogen-bond donors (Lipinski definition) is 1. The summed E-state index contributed by atoms with van der Waals surface area (Å²) < 4.78 is 12.8. The van der Waals surface area contributed by atoms with Gasteiger partial charge in [0, 0.05) is 5.56 Å². The van der Waals surface area contributed by atoms with Gasteiger partial charge in [-0.05, 0) is 18.6 Å². The van der Waals surface area contributed by atoms with Crippen LogP contribution < -0.4 is 5.73 Å². The Labute approximate surface area is 65.3 Å². The van der Waals surface area contributed by atoms with Crippen LogP contribution in [0.4, 0.5) is 10.1 Å². The molecule has 0 atom stereocenters. The molecule has 0 aliphatic rings. The van der Waals surface area contributed by atoms with Crippen LogP contribution in [0.1, 0.15) is 12.5 Å². The average Bonchev–Trinajstić information content (AvgIpc) is 1.94. The number of para-hydroxylation sites is 1. The number of nitrogen functional groups attached to an aromatic ring is 1. The normalized spacial score (nSPS) is 9.64. The molecule has 0 saturated carbocycles. The van der Waals surface area contributed by atoms with Crippen LogP contribution in [0.25, 0.3) is 5.57 Å². The summed E-state index contributed by atoms with van der Waals surface area (Å²) in [6.45, 7) is 5.48. The van der Waals surface area contributed by atoms with Crippen LogP contribution in [-0.2, 0) is 0 Å². The Morgan fingerprint density at radius 2 is 2.18 bits per heavy atom. The van der Waals surface area contributed by atoms with Gasteiger partial charge in [0.05, 0.1) is 5.69 Å². The van der Waals surface area contributed by atoms with E-state index in [0.717, 1.165) is 5.57 Å². The first-order valence-corrected chi connectivity index (χ1v) is 3.33. The van der Waals surface area contributed by atoms with Crippen LogP contribution in [0, 0.1) is 5.82 Å². The van der Waals surface area contributed by atoms with Gasteiger partial charge in [-0.25, -0.2) is 4.39 Å². The van der Waals surface area contributed by atoms with Gasteiger partial charge < -0.3 is 5.73 Å². The van der Waals surface area contributed by atoms with Crippen molar-refractivity contribution in [3.63, 3.8) is 0 Å². The predicted octanol–water partition coefficient (Wildman–Crippen LogP) is 2.44. The number of benzene rings is 1. The lowest BCUT2D eigenvalue weighted by atomic mass is 10.1. The summed E-state index contributed by atoms with van der Waals surface area (Å²) in [6.07, 6.45) is 0. The Kier molecular flexibility index (Phi) is 1.94. The van der Waals surface area contributed by atoms with Crippen molar-refractivity contribution >= 4 is 11.3 Å². The van der Waals surface area contributed by atoms with Crippen molar-refractivity contribution in [1.82, 2.24) is 0 Å². The van der Waals surface area contributed by atoms with E-state index < -0.39 is 0 Å². The van der Waals surface area contributed by atoms with Crippen molar-refractivity contribution in [3.05, 3.63) is 36.2 Å². The molecule has 0 spiro atoms. The molecule has 1 aromatic carbocycles. The molecule has 2 N–H and O–H groups in total. The van der Waals surface area contributed by atoms with Gasteiger partial charge in [-0.15, -0.1) is 0 Å². The first-order chi connectivity index (χ1) is 5.13. The molecular weight excluding hydrogens is 141 g/mol. The zero-order valence-electron chi connectivity index (χ0n) is 6.39. The number of rotatable bonds is 1. The molecule has 0 saturated heterocycles. The van der Waals surface area contributed by atoms with Crippen molar-refractivity contribution in [1.29, 1.82) is 0 Å². The standard InChI is InChI=1S/C9H10FN/c1-6(2)7-4-3-5-8(10)9(7)11/h3-5H,1,11H2,2H3. The zero-order chi connectivity index (χ0) is 8.43. The van der Waals surface area contributed by atoms with Crippen LogP contribution in [-0.4, -0.2) is 0 Å². The number of anilines is 1. The molecule has 0 aliphatic carbocycles. The molecule has 0 aromatic heterocycles. The molecular formula is C9H10FN. The van der Waals surface area contributed by atoms with Gasteiger partial charge in [0.1, 0.15) is 5.82 Å². The Bertz CT molecular complexity index is 292. The second-order valence-electron chi connectivity index (χ2n) is 2.48. The summed E-state index contributed by atoms with van der Waals surface area (Å²) in [4.78, 5) is 0. The first-order valence-electron chi connectivity index (χ1n) is 3.33. The van der Waals surface area contributed by atoms with E-state index in [0.29, 0.717) is 5.56 Å². The molecule has 0 unspecified atom stereocenters. The predicted molar refractivity (Wildman–Crippen MR) is 45.5 cm³/mol. The molecule has 58 valence electrons. The summed E-state index contributed by atoms with van der Waals surface area (Å²) >= 11 is 0. The minimum atomic E-state index is -0.384. The lowest BCUT2D eigenvalue weighted by Gasteiger charge is -2.04. The fourth-order valence-corrected chi connectivity index (χ4v) is 0.909. The second kappa shape index (κ2) is 2.74. The van der Waals surface area contributed by atoms with Crippen molar-refractivity contribution in [2.24, 2.45) is 0 Å². The van der Waals surface area contributed by atoms with Crippen molar-refractivity contribution < 1.29 is 4.39 Å². The van der Waals surface area contributed by atoms with Gasteiger partial charge in [0.2, 0.25) is 0 Å². The molecule has 0 amide bonds. The van der Waals surface area contributed by atoms with Gasteiger partial charge in [0.25, 0.3) is 0 Å². The highest BCUT2D eigenvalue weighted by Crippen LogP contribution is 2.21. The van der Waals surface area contributed by atoms with E-state index in [1.165, 1.54) is 6.07 Å². The van der Waals surface area contributed by atoms with E-state index in [2.05, 4.69) is 6.58 Å². The van der Waals surface area contributed by atoms with Crippen LogP contribution in [0.5, 0.6) is 0 Å². The maximum Gasteiger partial charge on any atom is 0.146 e. The third-order valence-electron chi connectivity index (χ3n) is 1.51. The van der Waals surface area contributed by atoms with Gasteiger partial charge in [-0.2, -0.15) is 0 Å². The molecule has 0 aliphatic heterocycles. The lowest BCUT2D eigenvalue weighted by Crippen LogP contribution is -1.94. The lowest BCUT2D eigenvalue weighted by molar-refractivity contribution is 0.632. The smallest absolute Gasteiger partial charge is 0.146 e. The topological polar surface area (TPSA) is 26.0 Å². The molecule has 0 radical (unpaired) electrons. The Morgan fingerprint density at radius 3 is 2.64 bits per heavy atom. The summed E-state index contributed by atoms with van der Waals surface area (Å²) in [7, 11) is 0. The Hall–Kier alpha value is -1.31. The molecule has 0 fully saturated rings. The summed E-state index contributed by atoms with van der Waals surface area (Å²) in [6, 6.07) is 4.71. The SMILES string of the molecule is C=C(C)c1cccc(F)c1N. The summed E-state index contributed by atoms with van der Waals surface area (Å²) in [5, 5.41) is 0. The fraction of sp³-hybridized carbons (Fsp3) is 0.111. The minimum Gasteiger partial charge on any atom is -0.396 e. The van der Waals surface area contributed by atoms with Crippen molar-refractivity contribution in [2.45, 2.75) is 6.92 Å². The second-order valence-corrected chi connectivity index (χ2v) is 2.48. The third kappa shape index (κ3) is 1.40. The van der Waals surface area contributed by atoms with Crippen molar-refractivity contribution in [2.75, 3.05) is 5.73 Å². The molecule has 1 nitrogen and oxygen atoms in total. The maximum absolute atomic E-state index is 12.8. The average molecular weight is 151 g/mol. The van der Waals surface area contributed by atoms with Gasteiger partial charge in [-0.3, -0.25) is 0 Å². The molecule has 1 rings (SSSR count). The molecule has 11 heavy (non-hydrogen) atoms. The Morgan fingerprint density at radius 1 is 1.55 bits per heavy atom. The van der Waals surface area contributed by atoms with E-state index in [4.69, 9.17) is 5.73 Å². The first kappa shape index (κ1) is 7.79. The van der Waals surface area contributed by atoms with E-state index in [1.54, 1.807) is 19.1 Å². The van der Waals surface area contributed by atoms with Crippen LogP contribution in [0.2, 0.25) is 0 Å². The van der Waals surface area contributed by atoms with E-state index >= 15 is 0 Å². The highest BCUT2D eigenvalue weighted by molar-refractivity contribution is 5.72. The van der Waals surface area contributed by atoms with Crippen molar-refractivity contribution in [3.8, 4) is 0 Å². The molecule has 1 aromatic rings. The van der Waals surface area contributed by atoms with E-state index in [-0.39, 0.29) is 11.5 Å². The third-order valence-corrected chi connectivity index (χ3v) is 1.51. The molecule has 0 bridgehead atoms. The Balaban J connectivity index is 3.27. The van der Waals surface area contributed by atoms with Crippen LogP contribution >= 0.6 is 0 Å². The zero-order valence-corrected chi connectivity index (χ0v) is 6.39. The quantitative estimate of drug-likeness (QED) is 0.613. The van der Waals surface area contributed by atoms with Crippen LogP contribution in [0.15, 0.2) is 24.8 Å².